The first-order chi connectivity index (χ1) is 17.7. The summed E-state index contributed by atoms with van der Waals surface area (Å²) in [5.74, 6) is -0.319. The lowest BCUT2D eigenvalue weighted by Crippen LogP contribution is -2.44. The number of hydrazine groups is 1. The number of carbonyl (C=O) groups is 1. The summed E-state index contributed by atoms with van der Waals surface area (Å²) < 4.78 is 39.0. The van der Waals surface area contributed by atoms with Crippen LogP contribution in [0, 0.1) is 5.92 Å². The van der Waals surface area contributed by atoms with Gasteiger partial charge in [-0.15, -0.1) is 0 Å². The number of nitrogens with zero attached hydrogens (tertiary/aromatic N) is 3. The van der Waals surface area contributed by atoms with Crippen molar-refractivity contribution in [1.29, 1.82) is 0 Å². The van der Waals surface area contributed by atoms with Gasteiger partial charge in [-0.2, -0.15) is 13.2 Å². The number of aromatic carboxylic acids is 1. The zero-order chi connectivity index (χ0) is 26.2. The topological polar surface area (TPSA) is 102 Å². The fourth-order valence-corrected chi connectivity index (χ4v) is 5.61. The van der Waals surface area contributed by atoms with Crippen molar-refractivity contribution in [3.8, 4) is 0 Å². The fraction of sp³-hybridized carbons (Fsp3) is 0.577. The van der Waals surface area contributed by atoms with Crippen LogP contribution in [0.1, 0.15) is 80.0 Å². The first-order valence-corrected chi connectivity index (χ1v) is 13.1. The van der Waals surface area contributed by atoms with E-state index < -0.39 is 17.7 Å². The number of rotatable bonds is 9. The highest BCUT2D eigenvalue weighted by Gasteiger charge is 2.38. The Morgan fingerprint density at radius 3 is 2.22 bits per heavy atom. The van der Waals surface area contributed by atoms with Crippen LogP contribution < -0.4 is 16.1 Å². The number of alkyl halides is 3. The number of nitrogens with one attached hydrogen (secondary N) is 3. The number of hydrogen-bond donors (Lipinski definition) is 4. The molecule has 1 saturated carbocycles. The number of aromatic nitrogens is 2. The van der Waals surface area contributed by atoms with E-state index in [0.29, 0.717) is 40.9 Å². The van der Waals surface area contributed by atoms with Crippen LogP contribution in [0.3, 0.4) is 0 Å². The van der Waals surface area contributed by atoms with E-state index in [1.165, 1.54) is 25.0 Å². The predicted molar refractivity (Wildman–Crippen MR) is 134 cm³/mol. The Morgan fingerprint density at radius 1 is 1.03 bits per heavy atom. The van der Waals surface area contributed by atoms with Gasteiger partial charge in [0.2, 0.25) is 5.82 Å². The SMILES string of the molecule is C[C@@H](Nc1nc(C(=O)O)nc(NN2C3CCCC2CC3)c1NCc1ccc(C(F)(F)F)cc1)C1CCC1. The molecule has 2 aliphatic heterocycles. The van der Waals surface area contributed by atoms with E-state index in [1.807, 2.05) is 0 Å². The van der Waals surface area contributed by atoms with Crippen molar-refractivity contribution in [2.24, 2.45) is 5.92 Å². The zero-order valence-corrected chi connectivity index (χ0v) is 20.8. The number of fused-ring (bicyclic) bond motifs is 2. The number of hydrogen-bond acceptors (Lipinski definition) is 7. The molecule has 3 atom stereocenters. The minimum atomic E-state index is -4.40. The van der Waals surface area contributed by atoms with E-state index in [4.69, 9.17) is 0 Å². The van der Waals surface area contributed by atoms with Gasteiger partial charge >= 0.3 is 12.1 Å². The molecule has 2 saturated heterocycles. The molecule has 2 bridgehead atoms. The molecule has 3 aliphatic rings. The predicted octanol–water partition coefficient (Wildman–Crippen LogP) is 5.75. The molecule has 0 amide bonds. The first kappa shape index (κ1) is 25.6. The van der Waals surface area contributed by atoms with Gasteiger partial charge in [0.25, 0.3) is 0 Å². The van der Waals surface area contributed by atoms with Crippen molar-refractivity contribution in [2.75, 3.05) is 16.1 Å². The maximum absolute atomic E-state index is 13.0. The Balaban J connectivity index is 1.45. The minimum absolute atomic E-state index is 0.0796. The quantitative estimate of drug-likeness (QED) is 0.333. The van der Waals surface area contributed by atoms with Gasteiger partial charge in [0.15, 0.2) is 11.6 Å². The Morgan fingerprint density at radius 2 is 1.65 bits per heavy atom. The molecule has 3 fully saturated rings. The molecule has 0 radical (unpaired) electrons. The Labute approximate surface area is 214 Å². The Hall–Kier alpha value is -3.08. The van der Waals surface area contributed by atoms with Gasteiger partial charge in [-0.1, -0.05) is 25.0 Å². The lowest BCUT2D eigenvalue weighted by atomic mass is 9.80. The van der Waals surface area contributed by atoms with Crippen LogP contribution in [0.25, 0.3) is 0 Å². The highest BCUT2D eigenvalue weighted by atomic mass is 19.4. The molecule has 200 valence electrons. The molecule has 0 spiro atoms. The number of carboxylic acid groups (broad SMARTS) is 1. The number of piperidine rings is 1. The third kappa shape index (κ3) is 5.61. The van der Waals surface area contributed by atoms with E-state index >= 15 is 0 Å². The number of carboxylic acids is 1. The normalized spacial score (nSPS) is 22.8. The number of halogens is 3. The average Bonchev–Trinajstić information content (AvgIpc) is 3.02. The van der Waals surface area contributed by atoms with E-state index in [9.17, 15) is 23.1 Å². The zero-order valence-electron chi connectivity index (χ0n) is 20.8. The largest absolute Gasteiger partial charge is 0.475 e. The summed E-state index contributed by atoms with van der Waals surface area (Å²) in [6.07, 6.45) is 4.43. The number of anilines is 3. The summed E-state index contributed by atoms with van der Waals surface area (Å²) >= 11 is 0. The molecule has 5 rings (SSSR count). The van der Waals surface area contributed by atoms with Crippen LogP contribution in [0.2, 0.25) is 0 Å². The smallest absolute Gasteiger partial charge is 0.416 e. The highest BCUT2D eigenvalue weighted by molar-refractivity contribution is 5.87. The highest BCUT2D eigenvalue weighted by Crippen LogP contribution is 2.39. The maximum atomic E-state index is 13.0. The maximum Gasteiger partial charge on any atom is 0.416 e. The fourth-order valence-electron chi connectivity index (χ4n) is 5.61. The molecule has 1 aliphatic carbocycles. The van der Waals surface area contributed by atoms with Gasteiger partial charge < -0.3 is 21.2 Å². The lowest BCUT2D eigenvalue weighted by Gasteiger charge is -2.36. The van der Waals surface area contributed by atoms with Gasteiger partial charge in [0.1, 0.15) is 5.69 Å². The molecule has 8 nitrogen and oxygen atoms in total. The van der Waals surface area contributed by atoms with Crippen molar-refractivity contribution in [2.45, 2.75) is 89.1 Å². The Kier molecular flexibility index (Phi) is 7.15. The van der Waals surface area contributed by atoms with E-state index in [-0.39, 0.29) is 18.4 Å². The van der Waals surface area contributed by atoms with Gasteiger partial charge in [0.05, 0.1) is 5.56 Å². The molecule has 3 heterocycles. The molecule has 1 aromatic heterocycles. The van der Waals surface area contributed by atoms with Crippen LogP contribution in [0.5, 0.6) is 0 Å². The van der Waals surface area contributed by atoms with Crippen molar-refractivity contribution in [3.63, 3.8) is 0 Å². The van der Waals surface area contributed by atoms with E-state index in [2.05, 4.69) is 38.0 Å². The van der Waals surface area contributed by atoms with Crippen molar-refractivity contribution >= 4 is 23.3 Å². The molecule has 4 N–H and O–H groups in total. The lowest BCUT2D eigenvalue weighted by molar-refractivity contribution is -0.137. The monoisotopic (exact) mass is 518 g/mol. The summed E-state index contributed by atoms with van der Waals surface area (Å²) in [6, 6.07) is 5.78. The third-order valence-corrected chi connectivity index (χ3v) is 8.00. The van der Waals surface area contributed by atoms with Crippen LogP contribution >= 0.6 is 0 Å². The van der Waals surface area contributed by atoms with Gasteiger partial charge in [-0.3, -0.25) is 0 Å². The first-order valence-electron chi connectivity index (χ1n) is 13.1. The van der Waals surface area contributed by atoms with Crippen molar-refractivity contribution < 1.29 is 23.1 Å². The molecule has 11 heteroatoms. The molecule has 2 unspecified atom stereocenters. The molecular formula is C26H33F3N6O2. The molecule has 1 aromatic carbocycles. The second-order valence-corrected chi connectivity index (χ2v) is 10.4. The van der Waals surface area contributed by atoms with Gasteiger partial charge in [-0.05, 0) is 69.1 Å². The second-order valence-electron chi connectivity index (χ2n) is 10.4. The molecule has 37 heavy (non-hydrogen) atoms. The van der Waals surface area contributed by atoms with Crippen LogP contribution in [-0.4, -0.2) is 44.2 Å². The number of benzene rings is 1. The summed E-state index contributed by atoms with van der Waals surface area (Å²) in [7, 11) is 0. The van der Waals surface area contributed by atoms with E-state index in [1.54, 1.807) is 0 Å². The van der Waals surface area contributed by atoms with Crippen molar-refractivity contribution in [1.82, 2.24) is 15.0 Å². The summed E-state index contributed by atoms with van der Waals surface area (Å²) in [4.78, 5) is 20.6. The third-order valence-electron chi connectivity index (χ3n) is 8.00. The summed E-state index contributed by atoms with van der Waals surface area (Å²) in [5.41, 5.74) is 3.87. The van der Waals surface area contributed by atoms with Gasteiger partial charge in [0, 0.05) is 24.7 Å². The Bertz CT molecular complexity index is 1110. The second kappa shape index (κ2) is 10.4. The van der Waals surface area contributed by atoms with Crippen LogP contribution in [0.4, 0.5) is 30.5 Å². The average molecular weight is 519 g/mol. The van der Waals surface area contributed by atoms with Crippen LogP contribution in [0.15, 0.2) is 24.3 Å². The summed E-state index contributed by atoms with van der Waals surface area (Å²) in [5, 5.41) is 18.6. The minimum Gasteiger partial charge on any atom is -0.475 e. The molecule has 2 aromatic rings. The van der Waals surface area contributed by atoms with Gasteiger partial charge in [-0.25, -0.2) is 19.8 Å². The van der Waals surface area contributed by atoms with Crippen molar-refractivity contribution in [3.05, 3.63) is 41.2 Å². The molecular weight excluding hydrogens is 485 g/mol. The van der Waals surface area contributed by atoms with E-state index in [0.717, 1.165) is 50.7 Å². The summed E-state index contributed by atoms with van der Waals surface area (Å²) in [6.45, 7) is 2.28. The van der Waals surface area contributed by atoms with Crippen LogP contribution in [-0.2, 0) is 12.7 Å². The standard InChI is InChI=1S/C26H33F3N6O2/c1-15(17-4-2-5-17)31-22-21(30-14-16-8-10-18(11-9-16)26(27,28)29)23(33-24(32-22)25(36)37)34-35-19-6-3-7-20(35)13-12-19/h8-11,15,17,19-20,30H,2-7,12-14H2,1H3,(H,36,37)(H2,31,32,33,34)/t15-,19?,20?/m1/s1.